The third-order valence-corrected chi connectivity index (χ3v) is 5.67. The van der Waals surface area contributed by atoms with E-state index in [0.717, 1.165) is 44.5 Å². The summed E-state index contributed by atoms with van der Waals surface area (Å²) in [5.74, 6) is 2.65. The summed E-state index contributed by atoms with van der Waals surface area (Å²) in [7, 11) is 1.68. The highest BCUT2D eigenvalue weighted by molar-refractivity contribution is 7.99. The van der Waals surface area contributed by atoms with Crippen molar-refractivity contribution in [3.05, 3.63) is 47.0 Å². The third kappa shape index (κ3) is 1.85. The van der Waals surface area contributed by atoms with Crippen molar-refractivity contribution in [1.82, 2.24) is 4.98 Å². The number of aromatic nitrogens is 1. The van der Waals surface area contributed by atoms with E-state index in [1.54, 1.807) is 18.9 Å². The van der Waals surface area contributed by atoms with Gasteiger partial charge in [0.15, 0.2) is 5.76 Å². The smallest absolute Gasteiger partial charge is 0.165 e. The summed E-state index contributed by atoms with van der Waals surface area (Å²) in [4.78, 5) is 4.66. The van der Waals surface area contributed by atoms with E-state index in [4.69, 9.17) is 20.8 Å². The third-order valence-electron chi connectivity index (χ3n) is 4.31. The molecule has 2 aromatic carbocycles. The van der Waals surface area contributed by atoms with E-state index in [1.807, 2.05) is 36.4 Å². The largest absolute Gasteiger partial charge is 0.497 e. The number of methoxy groups -OCH3 is 1. The summed E-state index contributed by atoms with van der Waals surface area (Å²) in [5.41, 5.74) is 4.29. The monoisotopic (exact) mass is 341 g/mol. The van der Waals surface area contributed by atoms with Gasteiger partial charge in [-0.25, -0.2) is 0 Å². The maximum Gasteiger partial charge on any atom is 0.165 e. The van der Waals surface area contributed by atoms with Gasteiger partial charge in [-0.3, -0.25) is 0 Å². The lowest BCUT2D eigenvalue weighted by molar-refractivity contribution is 0.415. The zero-order valence-corrected chi connectivity index (χ0v) is 13.8. The van der Waals surface area contributed by atoms with Gasteiger partial charge in [-0.1, -0.05) is 11.6 Å². The van der Waals surface area contributed by atoms with Crippen LogP contribution < -0.4 is 4.74 Å². The number of ether oxygens (including phenoxy) is 1. The second-order valence-electron chi connectivity index (χ2n) is 5.58. The number of rotatable bonds is 1. The molecule has 4 aromatic rings. The van der Waals surface area contributed by atoms with Crippen molar-refractivity contribution in [2.75, 3.05) is 7.11 Å². The van der Waals surface area contributed by atoms with Crippen LogP contribution in [0.15, 0.2) is 45.7 Å². The quantitative estimate of drug-likeness (QED) is 0.472. The Morgan fingerprint density at radius 3 is 2.96 bits per heavy atom. The molecule has 0 saturated carbocycles. The number of benzene rings is 2. The molecule has 23 heavy (non-hydrogen) atoms. The van der Waals surface area contributed by atoms with Crippen LogP contribution in [0.1, 0.15) is 5.56 Å². The number of furan rings is 1. The van der Waals surface area contributed by atoms with E-state index in [2.05, 4.69) is 4.98 Å². The van der Waals surface area contributed by atoms with Crippen LogP contribution in [-0.2, 0) is 5.75 Å². The predicted octanol–water partition coefficient (Wildman–Crippen LogP) is 5.85. The average molecular weight is 342 g/mol. The molecule has 1 aliphatic heterocycles. The maximum absolute atomic E-state index is 6.16. The number of hydrogen-bond donors (Lipinski definition) is 1. The zero-order chi connectivity index (χ0) is 15.6. The standard InChI is InChI=1S/C18H12ClNO2S/c1-21-10-3-5-15-12(7-10)18-17(22-15)16-13(8-23-18)11-6-9(19)2-4-14(11)20-16/h2-7,20H,8H2,1H3. The molecule has 0 bridgehead atoms. The zero-order valence-electron chi connectivity index (χ0n) is 12.3. The minimum atomic E-state index is 0.754. The second kappa shape index (κ2) is 4.73. The Bertz CT molecular complexity index is 1080. The first kappa shape index (κ1) is 13.4. The lowest BCUT2D eigenvalue weighted by Gasteiger charge is -2.10. The highest BCUT2D eigenvalue weighted by Crippen LogP contribution is 2.49. The summed E-state index contributed by atoms with van der Waals surface area (Å²) in [5, 5.41) is 3.03. The molecule has 0 saturated heterocycles. The molecular weight excluding hydrogens is 330 g/mol. The molecule has 1 aliphatic rings. The molecule has 0 spiro atoms. The molecular formula is C18H12ClNO2S. The molecule has 3 heterocycles. The number of nitrogens with one attached hydrogen (secondary N) is 1. The maximum atomic E-state index is 6.16. The molecule has 0 radical (unpaired) electrons. The lowest BCUT2D eigenvalue weighted by Crippen LogP contribution is -1.91. The van der Waals surface area contributed by atoms with Gasteiger partial charge in [0.1, 0.15) is 11.3 Å². The Morgan fingerprint density at radius 2 is 2.09 bits per heavy atom. The number of H-pyrrole nitrogens is 1. The van der Waals surface area contributed by atoms with Gasteiger partial charge in [-0.15, -0.1) is 11.8 Å². The summed E-state index contributed by atoms with van der Waals surface area (Å²) in [6.07, 6.45) is 0. The van der Waals surface area contributed by atoms with E-state index in [9.17, 15) is 0 Å². The van der Waals surface area contributed by atoms with Crippen molar-refractivity contribution < 1.29 is 9.15 Å². The van der Waals surface area contributed by atoms with Crippen LogP contribution in [0.4, 0.5) is 0 Å². The van der Waals surface area contributed by atoms with Gasteiger partial charge in [0, 0.05) is 27.1 Å². The minimum absolute atomic E-state index is 0.754. The molecule has 0 unspecified atom stereocenters. The SMILES string of the molecule is COc1ccc2oc3c(c2c1)SCc1c-3[nH]c2ccc(Cl)cc12. The van der Waals surface area contributed by atoms with E-state index in [0.29, 0.717) is 0 Å². The van der Waals surface area contributed by atoms with Gasteiger partial charge in [-0.2, -0.15) is 0 Å². The van der Waals surface area contributed by atoms with Crippen molar-refractivity contribution in [1.29, 1.82) is 0 Å². The summed E-state index contributed by atoms with van der Waals surface area (Å²) in [6.45, 7) is 0. The van der Waals surface area contributed by atoms with Crippen molar-refractivity contribution in [2.24, 2.45) is 0 Å². The Kier molecular flexibility index (Phi) is 2.75. The van der Waals surface area contributed by atoms with E-state index >= 15 is 0 Å². The summed E-state index contributed by atoms with van der Waals surface area (Å²) >= 11 is 7.96. The van der Waals surface area contributed by atoms with Gasteiger partial charge in [-0.05, 0) is 42.0 Å². The van der Waals surface area contributed by atoms with Crippen LogP contribution in [0.25, 0.3) is 33.3 Å². The molecule has 2 aromatic heterocycles. The molecule has 0 fully saturated rings. The summed E-state index contributed by atoms with van der Waals surface area (Å²) in [6, 6.07) is 11.9. The first-order valence-corrected chi connectivity index (χ1v) is 8.65. The number of hydrogen-bond acceptors (Lipinski definition) is 3. The van der Waals surface area contributed by atoms with E-state index < -0.39 is 0 Å². The van der Waals surface area contributed by atoms with Crippen LogP contribution in [0.5, 0.6) is 5.75 Å². The van der Waals surface area contributed by atoms with Crippen LogP contribution in [0, 0.1) is 0 Å². The molecule has 1 N–H and O–H groups in total. The average Bonchev–Trinajstić information content (AvgIpc) is 3.12. The van der Waals surface area contributed by atoms with Crippen molar-refractivity contribution in [2.45, 2.75) is 10.6 Å². The minimum Gasteiger partial charge on any atom is -0.497 e. The van der Waals surface area contributed by atoms with Gasteiger partial charge >= 0.3 is 0 Å². The van der Waals surface area contributed by atoms with Crippen LogP contribution in [0.2, 0.25) is 5.02 Å². The lowest BCUT2D eigenvalue weighted by atomic mass is 10.1. The second-order valence-corrected chi connectivity index (χ2v) is 7.00. The molecule has 0 amide bonds. The van der Waals surface area contributed by atoms with Gasteiger partial charge in [0.2, 0.25) is 0 Å². The first-order valence-electron chi connectivity index (χ1n) is 7.28. The molecule has 5 rings (SSSR count). The molecule has 0 aliphatic carbocycles. The Balaban J connectivity index is 1.82. The Labute approximate surface area is 141 Å². The fourth-order valence-electron chi connectivity index (χ4n) is 3.20. The van der Waals surface area contributed by atoms with E-state index in [1.165, 1.54) is 15.8 Å². The van der Waals surface area contributed by atoms with Gasteiger partial charge < -0.3 is 14.1 Å². The molecule has 3 nitrogen and oxygen atoms in total. The van der Waals surface area contributed by atoms with Crippen molar-refractivity contribution >= 4 is 45.2 Å². The number of aromatic amines is 1. The first-order chi connectivity index (χ1) is 11.2. The fourth-order valence-corrected chi connectivity index (χ4v) is 4.55. The Morgan fingerprint density at radius 1 is 1.17 bits per heavy atom. The summed E-state index contributed by atoms with van der Waals surface area (Å²) < 4.78 is 11.5. The highest BCUT2D eigenvalue weighted by Gasteiger charge is 2.27. The van der Waals surface area contributed by atoms with Crippen molar-refractivity contribution in [3.63, 3.8) is 0 Å². The normalized spacial score (nSPS) is 13.3. The van der Waals surface area contributed by atoms with Crippen molar-refractivity contribution in [3.8, 4) is 17.2 Å². The number of fused-ring (bicyclic) bond motifs is 7. The molecule has 5 heteroatoms. The topological polar surface area (TPSA) is 38.2 Å². The molecule has 0 atom stereocenters. The number of halogens is 1. The van der Waals surface area contributed by atoms with E-state index in [-0.39, 0.29) is 0 Å². The highest BCUT2D eigenvalue weighted by atomic mass is 35.5. The Hall–Kier alpha value is -2.04. The van der Waals surface area contributed by atoms with Crippen LogP contribution in [0.3, 0.4) is 0 Å². The number of thioether (sulfide) groups is 1. The predicted molar refractivity (Wildman–Crippen MR) is 94.6 cm³/mol. The fraction of sp³-hybridized carbons (Fsp3) is 0.111. The molecule has 114 valence electrons. The van der Waals surface area contributed by atoms with Crippen LogP contribution in [-0.4, -0.2) is 12.1 Å². The van der Waals surface area contributed by atoms with Gasteiger partial charge in [0.25, 0.3) is 0 Å². The van der Waals surface area contributed by atoms with Crippen LogP contribution >= 0.6 is 23.4 Å². The van der Waals surface area contributed by atoms with Gasteiger partial charge in [0.05, 0.1) is 17.7 Å².